The van der Waals surface area contributed by atoms with Gasteiger partial charge in [0.2, 0.25) is 0 Å². The van der Waals surface area contributed by atoms with E-state index >= 15 is 4.39 Å². The van der Waals surface area contributed by atoms with Crippen molar-refractivity contribution in [1.82, 2.24) is 4.57 Å². The lowest BCUT2D eigenvalue weighted by Gasteiger charge is -2.26. The zero-order chi connectivity index (χ0) is 34.7. The number of hydrogen-bond donors (Lipinski definition) is 2. The minimum absolute atomic E-state index is 0.165. The summed E-state index contributed by atoms with van der Waals surface area (Å²) in [5, 5.41) is 19.9. The minimum atomic E-state index is -4.34. The van der Waals surface area contributed by atoms with Gasteiger partial charge in [-0.15, -0.1) is 8.78 Å². The normalized spacial score (nSPS) is 24.9. The van der Waals surface area contributed by atoms with E-state index < -0.39 is 102 Å². The first-order valence-electron chi connectivity index (χ1n) is 15.9. The number of aliphatic hydroxyl groups excluding tert-OH is 2. The van der Waals surface area contributed by atoms with Crippen molar-refractivity contribution in [3.63, 3.8) is 0 Å². The second-order valence-electron chi connectivity index (χ2n) is 9.53. The predicted octanol–water partition coefficient (Wildman–Crippen LogP) is 4.99. The number of aromatic nitrogens is 1. The van der Waals surface area contributed by atoms with Crippen LogP contribution < -0.4 is 9.47 Å². The summed E-state index contributed by atoms with van der Waals surface area (Å²) in [6.45, 7) is 3.62. The molecule has 2 N–H and O–H groups in total. The van der Waals surface area contributed by atoms with E-state index in [1.807, 2.05) is 0 Å². The first kappa shape index (κ1) is 16.7. The van der Waals surface area contributed by atoms with Gasteiger partial charge in [0.1, 0.15) is 11.6 Å². The van der Waals surface area contributed by atoms with Crippen molar-refractivity contribution >= 4 is 16.7 Å². The van der Waals surface area contributed by atoms with E-state index in [9.17, 15) is 23.8 Å². The van der Waals surface area contributed by atoms with Crippen LogP contribution in [0.2, 0.25) is 0 Å². The van der Waals surface area contributed by atoms with Crippen LogP contribution in [0.25, 0.3) is 10.9 Å². The molecule has 0 unspecified atom stereocenters. The molecule has 198 valence electrons. The molecule has 37 heavy (non-hydrogen) atoms. The Labute approximate surface area is 225 Å². The molecule has 5 rings (SSSR count). The van der Waals surface area contributed by atoms with Gasteiger partial charge in [-0.3, -0.25) is 4.79 Å². The Balaban J connectivity index is 1.66. The molecule has 9 heteroatoms. The fraction of sp³-hybridized carbons (Fsp3) is 0.464. The van der Waals surface area contributed by atoms with Crippen molar-refractivity contribution in [3.05, 3.63) is 59.0 Å². The number of fused-ring (bicyclic) bond motifs is 2. The van der Waals surface area contributed by atoms with Crippen LogP contribution in [-0.4, -0.2) is 39.6 Å². The van der Waals surface area contributed by atoms with E-state index in [-0.39, 0.29) is 23.0 Å². The number of ketones is 1. The summed E-state index contributed by atoms with van der Waals surface area (Å²) < 4.78 is 129. The first-order chi connectivity index (χ1) is 20.9. The highest BCUT2D eigenvalue weighted by Crippen LogP contribution is 2.52. The molecule has 1 saturated carbocycles. The monoisotopic (exact) mass is 526 g/mol. The number of rotatable bonds is 9. The molecule has 6 nitrogen and oxygen atoms in total. The lowest BCUT2D eigenvalue weighted by molar-refractivity contribution is -0.286. The van der Waals surface area contributed by atoms with Crippen molar-refractivity contribution < 1.29 is 50.0 Å². The van der Waals surface area contributed by atoms with E-state index in [0.717, 1.165) is 6.07 Å². The maximum atomic E-state index is 15.7. The molecule has 2 aromatic carbocycles. The highest BCUT2D eigenvalue weighted by molar-refractivity contribution is 5.95. The van der Waals surface area contributed by atoms with Crippen molar-refractivity contribution in [1.29, 1.82) is 0 Å². The summed E-state index contributed by atoms with van der Waals surface area (Å²) in [7, 11) is 0. The molecule has 1 aromatic heterocycles. The Kier molecular flexibility index (Phi) is 3.97. The van der Waals surface area contributed by atoms with Crippen LogP contribution in [-0.2, 0) is 28.6 Å². The number of nitrogens with zero attached hydrogens (tertiary/aromatic N) is 1. The zero-order valence-electron chi connectivity index (χ0n) is 29.1. The maximum absolute atomic E-state index is 15.7. The fourth-order valence-corrected chi connectivity index (χ4v) is 4.32. The number of aliphatic hydroxyl groups is 2. The molecule has 2 aliphatic rings. The number of carbonyl (C=O) groups is 1. The van der Waals surface area contributed by atoms with E-state index in [0.29, 0.717) is 5.69 Å². The van der Waals surface area contributed by atoms with Gasteiger partial charge in [0, 0.05) is 31.1 Å². The molecule has 1 atom stereocenters. The third-order valence-corrected chi connectivity index (χ3v) is 6.65. The number of ether oxygens (including phenoxy) is 2. The van der Waals surface area contributed by atoms with Crippen molar-refractivity contribution in [3.8, 4) is 11.5 Å². The van der Waals surface area contributed by atoms with Crippen LogP contribution in [0.5, 0.6) is 11.5 Å². The molecule has 0 saturated heterocycles. The van der Waals surface area contributed by atoms with Gasteiger partial charge >= 0.3 is 6.29 Å². The van der Waals surface area contributed by atoms with Crippen LogP contribution in [0.3, 0.4) is 0 Å². The standard InChI is InChI=1S/C28H30F3NO5/c1-4-26(2,3)24-10-17-9-16(20(29)13-21(17)32(24)14-19(34)15-33)11-25(35)27(7-8-27)18-5-6-22-23(12-18)37-28(30,31)36-22/h5-6,9-10,12-13,19,33-34H,4,7-8,11,14-15H2,1-3H3/t19-/m1/s1/i4D2,5D,6D,7D2,8D2,12D. The number of carbonyl (C=O) groups excluding carboxylic acids is 1. The smallest absolute Gasteiger partial charge is 0.395 e. The molecule has 1 aliphatic heterocycles. The van der Waals surface area contributed by atoms with Crippen LogP contribution in [0.15, 0.2) is 36.3 Å². The molecular formula is C28H30F3NO5. The SMILES string of the molecule is [2H]c1c([2H])c(C2(C(=O)Cc3cc4cc(C(C)(C)C([2H])([2H])C)n(C[C@@H](O)CO)c4cc3F)C([2H])([2H])C2([2H])[2H])c([2H])c2c1OC(F)(F)O2. The fourth-order valence-electron chi connectivity index (χ4n) is 4.32. The Morgan fingerprint density at radius 1 is 1.27 bits per heavy atom. The van der Waals surface area contributed by atoms with Crippen molar-refractivity contribution in [2.24, 2.45) is 0 Å². The molecule has 3 aromatic rings. The summed E-state index contributed by atoms with van der Waals surface area (Å²) in [5.41, 5.74) is -5.12. The van der Waals surface area contributed by atoms with Gasteiger partial charge in [0.25, 0.3) is 0 Å². The summed E-state index contributed by atoms with van der Waals surface area (Å²) in [6.07, 6.45) is -14.7. The second kappa shape index (κ2) is 8.77. The topological polar surface area (TPSA) is 80.9 Å². The van der Waals surface area contributed by atoms with E-state index in [1.165, 1.54) is 23.6 Å². The number of Topliss-reactive ketones (excluding diaryl/α,β-unsaturated/α-hetero) is 1. The number of alkyl halides is 2. The number of halogens is 3. The molecule has 1 aliphatic carbocycles. The van der Waals surface area contributed by atoms with Gasteiger partial charge in [0.05, 0.1) is 34.3 Å². The third kappa shape index (κ3) is 4.48. The molecule has 0 spiro atoms. The predicted molar refractivity (Wildman–Crippen MR) is 131 cm³/mol. The van der Waals surface area contributed by atoms with Gasteiger partial charge < -0.3 is 24.3 Å². The lowest BCUT2D eigenvalue weighted by atomic mass is 9.86. The van der Waals surface area contributed by atoms with E-state index in [2.05, 4.69) is 9.47 Å². The van der Waals surface area contributed by atoms with Crippen LogP contribution in [0.4, 0.5) is 13.2 Å². The summed E-state index contributed by atoms with van der Waals surface area (Å²) in [5.74, 6) is -4.44. The quantitative estimate of drug-likeness (QED) is 0.411. The second-order valence-corrected chi connectivity index (χ2v) is 9.53. The number of hydrogen-bond acceptors (Lipinski definition) is 5. The number of benzene rings is 2. The van der Waals surface area contributed by atoms with Crippen LogP contribution in [0, 0.1) is 5.82 Å². The Morgan fingerprint density at radius 3 is 2.62 bits per heavy atom. The third-order valence-electron chi connectivity index (χ3n) is 6.65. The first-order valence-corrected chi connectivity index (χ1v) is 11.4. The lowest BCUT2D eigenvalue weighted by Crippen LogP contribution is -2.26. The van der Waals surface area contributed by atoms with Gasteiger partial charge in [-0.05, 0) is 60.5 Å². The van der Waals surface area contributed by atoms with Gasteiger partial charge in [-0.1, -0.05) is 26.8 Å². The van der Waals surface area contributed by atoms with Crippen LogP contribution >= 0.6 is 0 Å². The molecule has 2 heterocycles. The van der Waals surface area contributed by atoms with E-state index in [4.69, 9.17) is 12.3 Å². The summed E-state index contributed by atoms with van der Waals surface area (Å²) in [6, 6.07) is 0.354. The van der Waals surface area contributed by atoms with Crippen molar-refractivity contribution in [2.45, 2.75) is 76.1 Å². The van der Waals surface area contributed by atoms with E-state index in [1.54, 1.807) is 13.8 Å². The Hall–Kier alpha value is -3.04. The molecule has 0 amide bonds. The van der Waals surface area contributed by atoms with Crippen LogP contribution in [0.1, 0.15) is 69.0 Å². The van der Waals surface area contributed by atoms with Gasteiger partial charge in [0.15, 0.2) is 11.5 Å². The Bertz CT molecular complexity index is 1770. The molecule has 0 radical (unpaired) electrons. The highest BCUT2D eigenvalue weighted by Gasteiger charge is 2.52. The minimum Gasteiger partial charge on any atom is -0.395 e. The largest absolute Gasteiger partial charge is 0.586 e. The van der Waals surface area contributed by atoms with Gasteiger partial charge in [-0.25, -0.2) is 4.39 Å². The molecule has 1 fully saturated rings. The average Bonchev–Trinajstić information content (AvgIpc) is 3.25. The summed E-state index contributed by atoms with van der Waals surface area (Å²) in [4.78, 5) is 14.0. The Morgan fingerprint density at radius 2 is 1.97 bits per heavy atom. The van der Waals surface area contributed by atoms with Crippen molar-refractivity contribution in [2.75, 3.05) is 6.61 Å². The molecule has 0 bridgehead atoms. The maximum Gasteiger partial charge on any atom is 0.586 e. The molecular weight excluding hydrogens is 487 g/mol. The zero-order valence-corrected chi connectivity index (χ0v) is 20.1. The summed E-state index contributed by atoms with van der Waals surface area (Å²) >= 11 is 0. The average molecular weight is 527 g/mol. The van der Waals surface area contributed by atoms with Gasteiger partial charge in [-0.2, -0.15) is 0 Å². The highest BCUT2D eigenvalue weighted by atomic mass is 19.3.